The molecular weight excluding hydrogens is 394 g/mol. The fourth-order valence-electron chi connectivity index (χ4n) is 2.77. The summed E-state index contributed by atoms with van der Waals surface area (Å²) in [5.74, 6) is -1.10. The molecule has 0 bridgehead atoms. The number of anilines is 1. The monoisotopic (exact) mass is 417 g/mol. The number of aryl methyl sites for hydroxylation is 2. The molecular formula is C21H24ClN3O4. The van der Waals surface area contributed by atoms with E-state index in [9.17, 15) is 14.4 Å². The molecule has 8 heteroatoms. The molecule has 29 heavy (non-hydrogen) atoms. The molecule has 2 aromatic carbocycles. The van der Waals surface area contributed by atoms with Crippen LogP contribution in [0.5, 0.6) is 0 Å². The third kappa shape index (κ3) is 6.80. The van der Waals surface area contributed by atoms with Crippen molar-refractivity contribution in [1.82, 2.24) is 5.32 Å². The Morgan fingerprint density at radius 3 is 2.34 bits per heavy atom. The molecule has 2 aromatic rings. The van der Waals surface area contributed by atoms with Gasteiger partial charge in [0.1, 0.15) is 0 Å². The summed E-state index contributed by atoms with van der Waals surface area (Å²) in [4.78, 5) is 36.0. The number of nitrogens with one attached hydrogen (secondary N) is 2. The molecule has 2 rings (SSSR count). The fourth-order valence-corrected chi connectivity index (χ4v) is 2.90. The van der Waals surface area contributed by atoms with Crippen molar-refractivity contribution in [2.45, 2.75) is 39.3 Å². The molecule has 0 aliphatic carbocycles. The van der Waals surface area contributed by atoms with Gasteiger partial charge in [0.05, 0.1) is 12.5 Å². The van der Waals surface area contributed by atoms with E-state index in [2.05, 4.69) is 10.6 Å². The van der Waals surface area contributed by atoms with Crippen LogP contribution in [0.15, 0.2) is 42.5 Å². The van der Waals surface area contributed by atoms with Crippen molar-refractivity contribution in [1.29, 1.82) is 0 Å². The third-order valence-corrected chi connectivity index (χ3v) is 4.53. The average Bonchev–Trinajstić information content (AvgIpc) is 2.63. The van der Waals surface area contributed by atoms with Crippen LogP contribution in [0.4, 0.5) is 10.5 Å². The van der Waals surface area contributed by atoms with E-state index >= 15 is 0 Å². The first-order chi connectivity index (χ1) is 13.7. The zero-order chi connectivity index (χ0) is 21.6. The summed E-state index contributed by atoms with van der Waals surface area (Å²) in [7, 11) is 0. The Morgan fingerprint density at radius 1 is 1.10 bits per heavy atom. The summed E-state index contributed by atoms with van der Waals surface area (Å²) < 4.78 is 5.24. The number of halogens is 1. The van der Waals surface area contributed by atoms with Crippen molar-refractivity contribution in [2.75, 3.05) is 5.32 Å². The first-order valence-electron chi connectivity index (χ1n) is 9.04. The number of urea groups is 1. The van der Waals surface area contributed by atoms with Crippen LogP contribution < -0.4 is 16.4 Å². The van der Waals surface area contributed by atoms with E-state index < -0.39 is 30.1 Å². The van der Waals surface area contributed by atoms with Gasteiger partial charge >= 0.3 is 12.0 Å². The molecule has 7 nitrogen and oxygen atoms in total. The minimum atomic E-state index is -1.01. The highest BCUT2D eigenvalue weighted by Crippen LogP contribution is 2.21. The van der Waals surface area contributed by atoms with Gasteiger partial charge in [-0.25, -0.2) is 4.79 Å². The maximum absolute atomic E-state index is 12.4. The lowest BCUT2D eigenvalue weighted by atomic mass is 10.0. The molecule has 0 fully saturated rings. The molecule has 0 aliphatic heterocycles. The van der Waals surface area contributed by atoms with Crippen LogP contribution in [0.3, 0.4) is 0 Å². The summed E-state index contributed by atoms with van der Waals surface area (Å²) in [5, 5.41) is 5.76. The Balaban J connectivity index is 1.99. The molecule has 0 aromatic heterocycles. The highest BCUT2D eigenvalue weighted by Gasteiger charge is 2.23. The molecule has 154 valence electrons. The van der Waals surface area contributed by atoms with Crippen molar-refractivity contribution < 1.29 is 19.1 Å². The van der Waals surface area contributed by atoms with E-state index in [0.29, 0.717) is 16.3 Å². The maximum atomic E-state index is 12.4. The lowest BCUT2D eigenvalue weighted by Gasteiger charge is -2.19. The quantitative estimate of drug-likeness (QED) is 0.597. The second-order valence-corrected chi connectivity index (χ2v) is 7.19. The van der Waals surface area contributed by atoms with E-state index in [4.69, 9.17) is 22.1 Å². The van der Waals surface area contributed by atoms with Gasteiger partial charge in [0.15, 0.2) is 6.10 Å². The number of carbonyl (C=O) groups is 3. The Hall–Kier alpha value is -3.06. The molecule has 2 atom stereocenters. The maximum Gasteiger partial charge on any atom is 0.312 e. The van der Waals surface area contributed by atoms with Crippen molar-refractivity contribution >= 4 is 35.2 Å². The van der Waals surface area contributed by atoms with Crippen LogP contribution in [0, 0.1) is 13.8 Å². The average molecular weight is 418 g/mol. The van der Waals surface area contributed by atoms with Crippen LogP contribution in [-0.4, -0.2) is 24.0 Å². The van der Waals surface area contributed by atoms with Crippen LogP contribution >= 0.6 is 11.6 Å². The van der Waals surface area contributed by atoms with Gasteiger partial charge in [-0.2, -0.15) is 0 Å². The first kappa shape index (κ1) is 22.2. The predicted molar refractivity (Wildman–Crippen MR) is 112 cm³/mol. The smallest absolute Gasteiger partial charge is 0.312 e. The number of hydrogen-bond donors (Lipinski definition) is 3. The minimum Gasteiger partial charge on any atom is -0.452 e. The van der Waals surface area contributed by atoms with Crippen molar-refractivity contribution in [3.05, 3.63) is 64.2 Å². The van der Waals surface area contributed by atoms with E-state index in [1.54, 1.807) is 30.3 Å². The molecule has 4 N–H and O–H groups in total. The van der Waals surface area contributed by atoms with Crippen molar-refractivity contribution in [2.24, 2.45) is 5.73 Å². The number of hydrogen-bond acceptors (Lipinski definition) is 4. The van der Waals surface area contributed by atoms with E-state index in [1.807, 2.05) is 26.0 Å². The molecule has 0 radical (unpaired) electrons. The van der Waals surface area contributed by atoms with Gasteiger partial charge in [0.2, 0.25) is 0 Å². The minimum absolute atomic E-state index is 0.189. The molecule has 0 unspecified atom stereocenters. The summed E-state index contributed by atoms with van der Waals surface area (Å²) >= 11 is 5.87. The van der Waals surface area contributed by atoms with Crippen LogP contribution in [-0.2, 0) is 14.3 Å². The number of nitrogens with two attached hydrogens (primary N) is 1. The second-order valence-electron chi connectivity index (χ2n) is 6.76. The van der Waals surface area contributed by atoms with E-state index in [0.717, 1.165) is 11.1 Å². The van der Waals surface area contributed by atoms with Crippen molar-refractivity contribution in [3.8, 4) is 0 Å². The van der Waals surface area contributed by atoms with Crippen LogP contribution in [0.25, 0.3) is 0 Å². The van der Waals surface area contributed by atoms with E-state index in [1.165, 1.54) is 6.92 Å². The lowest BCUT2D eigenvalue weighted by molar-refractivity contribution is -0.153. The predicted octanol–water partition coefficient (Wildman–Crippen LogP) is 3.63. The third-order valence-electron chi connectivity index (χ3n) is 4.28. The second kappa shape index (κ2) is 9.93. The van der Waals surface area contributed by atoms with Gasteiger partial charge < -0.3 is 21.1 Å². The summed E-state index contributed by atoms with van der Waals surface area (Å²) in [6, 6.07) is 10.8. The number of esters is 1. The standard InChI is InChI=1S/C21H24ClN3O4/c1-12-4-9-17(13(2)10-12)24-20(27)14(3)29-19(26)11-18(25-21(23)28)15-5-7-16(22)8-6-15/h4-10,14,18H,11H2,1-3H3,(H,24,27)(H3,23,25,28)/t14-,18-/m0/s1. The Bertz CT molecular complexity index is 899. The normalized spacial score (nSPS) is 12.6. The Kier molecular flexibility index (Phi) is 7.61. The van der Waals surface area contributed by atoms with Gasteiger partial charge in [-0.1, -0.05) is 41.4 Å². The number of primary amides is 1. The van der Waals surface area contributed by atoms with Crippen LogP contribution in [0.2, 0.25) is 5.02 Å². The van der Waals surface area contributed by atoms with Gasteiger partial charge in [-0.15, -0.1) is 0 Å². The molecule has 0 aliphatic rings. The first-order valence-corrected chi connectivity index (χ1v) is 9.42. The van der Waals surface area contributed by atoms with Gasteiger partial charge in [-0.3, -0.25) is 9.59 Å². The van der Waals surface area contributed by atoms with E-state index in [-0.39, 0.29) is 6.42 Å². The largest absolute Gasteiger partial charge is 0.452 e. The highest BCUT2D eigenvalue weighted by atomic mass is 35.5. The van der Waals surface area contributed by atoms with Crippen LogP contribution in [0.1, 0.15) is 36.1 Å². The highest BCUT2D eigenvalue weighted by molar-refractivity contribution is 6.30. The molecule has 0 saturated heterocycles. The molecule has 0 spiro atoms. The number of rotatable bonds is 7. The molecule has 0 saturated carbocycles. The zero-order valence-electron chi connectivity index (χ0n) is 16.5. The Labute approximate surface area is 174 Å². The molecule has 3 amide bonds. The fraction of sp³-hybridized carbons (Fsp3) is 0.286. The number of ether oxygens (including phenoxy) is 1. The number of carbonyl (C=O) groups excluding carboxylic acids is 3. The molecule has 0 heterocycles. The zero-order valence-corrected chi connectivity index (χ0v) is 17.2. The topological polar surface area (TPSA) is 111 Å². The summed E-state index contributed by atoms with van der Waals surface area (Å²) in [6.45, 7) is 5.32. The van der Waals surface area contributed by atoms with Crippen molar-refractivity contribution in [3.63, 3.8) is 0 Å². The van der Waals surface area contributed by atoms with Gasteiger partial charge in [-0.05, 0) is 50.1 Å². The lowest BCUT2D eigenvalue weighted by Crippen LogP contribution is -2.36. The number of benzene rings is 2. The summed E-state index contributed by atoms with van der Waals surface area (Å²) in [6.07, 6.45) is -1.20. The number of amides is 3. The van der Waals surface area contributed by atoms with Gasteiger partial charge in [0.25, 0.3) is 5.91 Å². The summed E-state index contributed by atoms with van der Waals surface area (Å²) in [5.41, 5.74) is 8.48. The SMILES string of the molecule is Cc1ccc(NC(=O)[C@H](C)OC(=O)C[C@H](NC(N)=O)c2ccc(Cl)cc2)c(C)c1. The van der Waals surface area contributed by atoms with Gasteiger partial charge in [0, 0.05) is 10.7 Å². The Morgan fingerprint density at radius 2 is 1.76 bits per heavy atom.